The Bertz CT molecular complexity index is 402. The van der Waals surface area contributed by atoms with Crippen LogP contribution in [-0.2, 0) is 6.54 Å². The number of thiophene rings is 1. The van der Waals surface area contributed by atoms with Crippen LogP contribution in [0.3, 0.4) is 0 Å². The molecule has 3 nitrogen and oxygen atoms in total. The average Bonchev–Trinajstić information content (AvgIpc) is 2.72. The second-order valence-electron chi connectivity index (χ2n) is 5.27. The molecule has 1 saturated carbocycles. The maximum atomic E-state index is 11.0. The van der Waals surface area contributed by atoms with E-state index in [9.17, 15) is 4.79 Å². The molecule has 100 valence electrons. The van der Waals surface area contributed by atoms with E-state index in [0.29, 0.717) is 11.6 Å². The summed E-state index contributed by atoms with van der Waals surface area (Å²) in [5, 5.41) is 5.48. The van der Waals surface area contributed by atoms with E-state index >= 15 is 0 Å². The number of amides is 1. The minimum Gasteiger partial charge on any atom is -0.366 e. The summed E-state index contributed by atoms with van der Waals surface area (Å²) in [5.74, 6) is 0.420. The van der Waals surface area contributed by atoms with Crippen LogP contribution in [0.25, 0.3) is 0 Å². The van der Waals surface area contributed by atoms with Crippen LogP contribution in [0.15, 0.2) is 11.4 Å². The fraction of sp³-hybridized carbons (Fsp3) is 0.643. The van der Waals surface area contributed by atoms with Gasteiger partial charge in [0.05, 0.1) is 5.56 Å². The van der Waals surface area contributed by atoms with Gasteiger partial charge in [0, 0.05) is 22.8 Å². The smallest absolute Gasteiger partial charge is 0.249 e. The predicted octanol–water partition coefficient (Wildman–Crippen LogP) is 2.91. The molecular formula is C14H22N2OS. The monoisotopic (exact) mass is 266 g/mol. The summed E-state index contributed by atoms with van der Waals surface area (Å²) >= 11 is 1.61. The van der Waals surface area contributed by atoms with Crippen molar-refractivity contribution < 1.29 is 4.79 Å². The van der Waals surface area contributed by atoms with Gasteiger partial charge < -0.3 is 11.1 Å². The Hall–Kier alpha value is -0.870. The predicted molar refractivity (Wildman–Crippen MR) is 75.7 cm³/mol. The molecule has 1 aliphatic rings. The van der Waals surface area contributed by atoms with E-state index in [4.69, 9.17) is 5.73 Å². The van der Waals surface area contributed by atoms with E-state index < -0.39 is 0 Å². The van der Waals surface area contributed by atoms with Crippen LogP contribution < -0.4 is 11.1 Å². The van der Waals surface area contributed by atoms with Crippen molar-refractivity contribution >= 4 is 17.2 Å². The molecule has 0 radical (unpaired) electrons. The molecule has 1 amide bonds. The molecule has 2 rings (SSSR count). The first-order valence-electron chi connectivity index (χ1n) is 6.77. The highest BCUT2D eigenvalue weighted by Gasteiger charge is 2.19. The lowest BCUT2D eigenvalue weighted by atomic mass is 9.97. The molecule has 1 fully saturated rings. The Morgan fingerprint density at radius 3 is 2.94 bits per heavy atom. The third-order valence-corrected chi connectivity index (χ3v) is 4.77. The highest BCUT2D eigenvalue weighted by atomic mass is 32.1. The van der Waals surface area contributed by atoms with Gasteiger partial charge in [0.25, 0.3) is 0 Å². The normalized spacial score (nSPS) is 24.7. The highest BCUT2D eigenvalue weighted by molar-refractivity contribution is 7.10. The van der Waals surface area contributed by atoms with E-state index in [-0.39, 0.29) is 5.91 Å². The standard InChI is InChI=1S/C14H22N2OS/c1-10-5-3-2-4-6-13(10)16-8-12-7-11(9-18-12)14(15)17/h7,9-10,13,16H,2-6,8H2,1H3,(H2,15,17). The quantitative estimate of drug-likeness (QED) is 0.823. The highest BCUT2D eigenvalue weighted by Crippen LogP contribution is 2.23. The molecule has 0 saturated heterocycles. The van der Waals surface area contributed by atoms with Crippen LogP contribution in [0.5, 0.6) is 0 Å². The van der Waals surface area contributed by atoms with Crippen molar-refractivity contribution in [3.8, 4) is 0 Å². The summed E-state index contributed by atoms with van der Waals surface area (Å²) in [6, 6.07) is 2.52. The van der Waals surface area contributed by atoms with Crippen LogP contribution in [0.2, 0.25) is 0 Å². The Morgan fingerprint density at radius 1 is 1.44 bits per heavy atom. The molecule has 2 atom stereocenters. The summed E-state index contributed by atoms with van der Waals surface area (Å²) in [7, 11) is 0. The molecule has 1 aromatic heterocycles. The second-order valence-corrected chi connectivity index (χ2v) is 6.26. The van der Waals surface area contributed by atoms with Crippen LogP contribution in [0.4, 0.5) is 0 Å². The summed E-state index contributed by atoms with van der Waals surface area (Å²) in [5.41, 5.74) is 5.89. The summed E-state index contributed by atoms with van der Waals surface area (Å²) in [6.45, 7) is 3.19. The van der Waals surface area contributed by atoms with Crippen LogP contribution in [0, 0.1) is 5.92 Å². The zero-order valence-electron chi connectivity index (χ0n) is 10.9. The van der Waals surface area contributed by atoms with Gasteiger partial charge in [-0.15, -0.1) is 11.3 Å². The molecule has 4 heteroatoms. The Kier molecular flexibility index (Phi) is 4.78. The van der Waals surface area contributed by atoms with Crippen molar-refractivity contribution in [3.05, 3.63) is 21.9 Å². The number of hydrogen-bond donors (Lipinski definition) is 2. The van der Waals surface area contributed by atoms with E-state index in [0.717, 1.165) is 12.5 Å². The van der Waals surface area contributed by atoms with Gasteiger partial charge in [-0.1, -0.05) is 26.2 Å². The van der Waals surface area contributed by atoms with Crippen molar-refractivity contribution in [2.45, 2.75) is 51.6 Å². The summed E-state index contributed by atoms with van der Waals surface area (Å²) in [4.78, 5) is 12.2. The first-order chi connectivity index (χ1) is 8.66. The second kappa shape index (κ2) is 6.34. The number of hydrogen-bond acceptors (Lipinski definition) is 3. The van der Waals surface area contributed by atoms with Crippen LogP contribution in [0.1, 0.15) is 54.3 Å². The lowest BCUT2D eigenvalue weighted by Crippen LogP contribution is -2.33. The van der Waals surface area contributed by atoms with Crippen LogP contribution >= 0.6 is 11.3 Å². The maximum Gasteiger partial charge on any atom is 0.249 e. The first-order valence-corrected chi connectivity index (χ1v) is 7.65. The summed E-state index contributed by atoms with van der Waals surface area (Å²) < 4.78 is 0. The van der Waals surface area contributed by atoms with Crippen molar-refractivity contribution in [2.75, 3.05) is 0 Å². The molecule has 1 heterocycles. The molecule has 3 N–H and O–H groups in total. The molecule has 1 aromatic rings. The number of carbonyl (C=O) groups excluding carboxylic acids is 1. The molecule has 0 aromatic carbocycles. The molecule has 18 heavy (non-hydrogen) atoms. The zero-order chi connectivity index (χ0) is 13.0. The topological polar surface area (TPSA) is 55.1 Å². The fourth-order valence-electron chi connectivity index (χ4n) is 2.63. The van der Waals surface area contributed by atoms with Crippen molar-refractivity contribution in [3.63, 3.8) is 0 Å². The molecule has 0 bridgehead atoms. The maximum absolute atomic E-state index is 11.0. The minimum absolute atomic E-state index is 0.333. The van der Waals surface area contributed by atoms with Gasteiger partial charge in [-0.2, -0.15) is 0 Å². The van der Waals surface area contributed by atoms with Gasteiger partial charge in [-0.3, -0.25) is 4.79 Å². The SMILES string of the molecule is CC1CCCCCC1NCc1cc(C(N)=O)cs1. The van der Waals surface area contributed by atoms with Crippen molar-refractivity contribution in [1.82, 2.24) is 5.32 Å². The third-order valence-electron chi connectivity index (χ3n) is 3.84. The van der Waals surface area contributed by atoms with Gasteiger partial charge in [0.2, 0.25) is 5.91 Å². The van der Waals surface area contributed by atoms with Crippen molar-refractivity contribution in [2.24, 2.45) is 11.7 Å². The van der Waals surface area contributed by atoms with Gasteiger partial charge in [0.15, 0.2) is 0 Å². The minimum atomic E-state index is -0.333. The number of primary amides is 1. The fourth-order valence-corrected chi connectivity index (χ4v) is 3.45. The largest absolute Gasteiger partial charge is 0.366 e. The number of carbonyl (C=O) groups is 1. The molecule has 0 spiro atoms. The number of nitrogens with two attached hydrogens (primary N) is 1. The molecule has 2 unspecified atom stereocenters. The average molecular weight is 266 g/mol. The Morgan fingerprint density at radius 2 is 2.22 bits per heavy atom. The van der Waals surface area contributed by atoms with Crippen molar-refractivity contribution in [1.29, 1.82) is 0 Å². The Balaban J connectivity index is 1.87. The van der Waals surface area contributed by atoms with Gasteiger partial charge in [-0.25, -0.2) is 0 Å². The van der Waals surface area contributed by atoms with E-state index in [1.807, 2.05) is 11.4 Å². The van der Waals surface area contributed by atoms with E-state index in [1.54, 1.807) is 11.3 Å². The lowest BCUT2D eigenvalue weighted by molar-refractivity contribution is 0.100. The third kappa shape index (κ3) is 3.56. The van der Waals surface area contributed by atoms with Gasteiger partial charge in [-0.05, 0) is 24.8 Å². The lowest BCUT2D eigenvalue weighted by Gasteiger charge is -2.22. The first kappa shape index (κ1) is 13.6. The molecule has 1 aliphatic carbocycles. The van der Waals surface area contributed by atoms with Gasteiger partial charge >= 0.3 is 0 Å². The zero-order valence-corrected chi connectivity index (χ0v) is 11.8. The van der Waals surface area contributed by atoms with E-state index in [2.05, 4.69) is 12.2 Å². The molecular weight excluding hydrogens is 244 g/mol. The van der Waals surface area contributed by atoms with E-state index in [1.165, 1.54) is 37.0 Å². The van der Waals surface area contributed by atoms with Crippen LogP contribution in [-0.4, -0.2) is 11.9 Å². The Labute approximate surface area is 113 Å². The number of rotatable bonds is 4. The van der Waals surface area contributed by atoms with Gasteiger partial charge in [0.1, 0.15) is 0 Å². The molecule has 0 aliphatic heterocycles. The number of nitrogens with one attached hydrogen (secondary N) is 1. The summed E-state index contributed by atoms with van der Waals surface area (Å²) in [6.07, 6.45) is 6.67.